The van der Waals surface area contributed by atoms with E-state index in [-0.39, 0.29) is 11.5 Å². The Bertz CT molecular complexity index is 1540. The predicted octanol–water partition coefficient (Wildman–Crippen LogP) is 6.01. The zero-order valence-electron chi connectivity index (χ0n) is 17.8. The van der Waals surface area contributed by atoms with Gasteiger partial charge in [0.1, 0.15) is 0 Å². The SMILES string of the molecule is COc1cc(-c2nc(/C=C/C(=O)c3ccc(N)cc3)cc3c2[nH]c2ccccc23)ccc1F. The van der Waals surface area contributed by atoms with Crippen molar-refractivity contribution in [2.75, 3.05) is 12.8 Å². The van der Waals surface area contributed by atoms with Crippen molar-refractivity contribution < 1.29 is 13.9 Å². The number of nitrogens with one attached hydrogen (secondary N) is 1. The van der Waals surface area contributed by atoms with E-state index in [9.17, 15) is 9.18 Å². The highest BCUT2D eigenvalue weighted by molar-refractivity contribution is 6.12. The number of benzene rings is 3. The average molecular weight is 437 g/mol. The standard InChI is InChI=1S/C27H20FN3O2/c1-33-25-14-17(8-12-22(25)28)26-27-21(20-4-2-3-5-23(20)31-27)15-19(30-26)11-13-24(32)16-6-9-18(29)10-7-16/h2-15,31H,29H2,1H3/b13-11+. The second-order valence-corrected chi connectivity index (χ2v) is 7.66. The fourth-order valence-electron chi connectivity index (χ4n) is 3.87. The maximum atomic E-state index is 14.0. The largest absolute Gasteiger partial charge is 0.494 e. The second kappa shape index (κ2) is 8.24. The monoisotopic (exact) mass is 437 g/mol. The van der Waals surface area contributed by atoms with Crippen LogP contribution in [0.1, 0.15) is 16.1 Å². The van der Waals surface area contributed by atoms with Gasteiger partial charge in [-0.25, -0.2) is 9.37 Å². The molecule has 0 aliphatic carbocycles. The number of methoxy groups -OCH3 is 1. The number of aromatic nitrogens is 2. The Morgan fingerprint density at radius 1 is 1.03 bits per heavy atom. The zero-order valence-corrected chi connectivity index (χ0v) is 17.8. The molecule has 33 heavy (non-hydrogen) atoms. The van der Waals surface area contributed by atoms with Crippen LogP contribution >= 0.6 is 0 Å². The van der Waals surface area contributed by atoms with Crippen LogP contribution in [0, 0.1) is 5.82 Å². The number of carbonyl (C=O) groups is 1. The minimum absolute atomic E-state index is 0.137. The molecule has 0 bridgehead atoms. The minimum Gasteiger partial charge on any atom is -0.494 e. The van der Waals surface area contributed by atoms with Gasteiger partial charge in [-0.15, -0.1) is 0 Å². The maximum Gasteiger partial charge on any atom is 0.185 e. The third kappa shape index (κ3) is 3.83. The number of hydrogen-bond donors (Lipinski definition) is 2. The van der Waals surface area contributed by atoms with Crippen molar-refractivity contribution >= 4 is 39.4 Å². The van der Waals surface area contributed by atoms with E-state index >= 15 is 0 Å². The van der Waals surface area contributed by atoms with Gasteiger partial charge in [0.2, 0.25) is 0 Å². The Balaban J connectivity index is 1.66. The van der Waals surface area contributed by atoms with Crippen molar-refractivity contribution in [2.24, 2.45) is 0 Å². The summed E-state index contributed by atoms with van der Waals surface area (Å²) >= 11 is 0. The molecule has 6 heteroatoms. The molecule has 0 radical (unpaired) electrons. The highest BCUT2D eigenvalue weighted by Crippen LogP contribution is 2.34. The second-order valence-electron chi connectivity index (χ2n) is 7.66. The van der Waals surface area contributed by atoms with Crippen LogP contribution in [-0.4, -0.2) is 22.9 Å². The van der Waals surface area contributed by atoms with Gasteiger partial charge in [0.05, 0.1) is 24.0 Å². The van der Waals surface area contributed by atoms with E-state index in [0.29, 0.717) is 28.2 Å². The molecule has 0 fully saturated rings. The molecule has 5 aromatic rings. The molecule has 0 saturated heterocycles. The summed E-state index contributed by atoms with van der Waals surface area (Å²) in [5.74, 6) is -0.460. The van der Waals surface area contributed by atoms with Gasteiger partial charge in [0.25, 0.3) is 0 Å². The number of allylic oxidation sites excluding steroid dienone is 1. The molecule has 162 valence electrons. The number of nitrogens with two attached hydrogens (primary N) is 1. The molecule has 5 rings (SSSR count). The van der Waals surface area contributed by atoms with Gasteiger partial charge in [0.15, 0.2) is 17.3 Å². The van der Waals surface area contributed by atoms with E-state index < -0.39 is 5.82 Å². The lowest BCUT2D eigenvalue weighted by atomic mass is 10.1. The highest BCUT2D eigenvalue weighted by atomic mass is 19.1. The summed E-state index contributed by atoms with van der Waals surface area (Å²) in [4.78, 5) is 20.8. The number of aromatic amines is 1. The number of pyridine rings is 1. The number of carbonyl (C=O) groups excluding carboxylic acids is 1. The summed E-state index contributed by atoms with van der Waals surface area (Å²) in [7, 11) is 1.43. The number of anilines is 1. The Morgan fingerprint density at radius 2 is 1.82 bits per heavy atom. The number of nitrogen functional groups attached to an aromatic ring is 1. The number of hydrogen-bond acceptors (Lipinski definition) is 4. The first-order valence-corrected chi connectivity index (χ1v) is 10.4. The molecule has 0 atom stereocenters. The van der Waals surface area contributed by atoms with Crippen LogP contribution in [0.15, 0.2) is 78.9 Å². The van der Waals surface area contributed by atoms with Crippen molar-refractivity contribution in [3.05, 3.63) is 95.9 Å². The summed E-state index contributed by atoms with van der Waals surface area (Å²) in [5, 5.41) is 1.99. The summed E-state index contributed by atoms with van der Waals surface area (Å²) < 4.78 is 19.2. The minimum atomic E-state index is -0.445. The van der Waals surface area contributed by atoms with Crippen LogP contribution in [0.5, 0.6) is 5.75 Å². The van der Waals surface area contributed by atoms with Gasteiger partial charge in [-0.2, -0.15) is 0 Å². The third-order valence-corrected chi connectivity index (χ3v) is 5.54. The van der Waals surface area contributed by atoms with E-state index in [1.54, 1.807) is 42.5 Å². The van der Waals surface area contributed by atoms with Crippen molar-refractivity contribution in [1.29, 1.82) is 0 Å². The molecule has 2 aromatic heterocycles. The number of nitrogens with zero attached hydrogens (tertiary/aromatic N) is 1. The molecule has 3 N–H and O–H groups in total. The number of rotatable bonds is 5. The summed E-state index contributed by atoms with van der Waals surface area (Å²) in [6.45, 7) is 0. The molecule has 0 aliphatic heterocycles. The number of para-hydroxylation sites is 1. The highest BCUT2D eigenvalue weighted by Gasteiger charge is 2.15. The van der Waals surface area contributed by atoms with E-state index in [4.69, 9.17) is 15.5 Å². The number of ether oxygens (including phenoxy) is 1. The fourth-order valence-corrected chi connectivity index (χ4v) is 3.87. The average Bonchev–Trinajstić information content (AvgIpc) is 3.21. The molecular formula is C27H20FN3O2. The smallest absolute Gasteiger partial charge is 0.185 e. The lowest BCUT2D eigenvalue weighted by Crippen LogP contribution is -1.96. The quantitative estimate of drug-likeness (QED) is 0.200. The fraction of sp³-hybridized carbons (Fsp3) is 0.0370. The molecule has 0 spiro atoms. The number of ketones is 1. The Morgan fingerprint density at radius 3 is 2.61 bits per heavy atom. The first kappa shape index (κ1) is 20.5. The Hall–Kier alpha value is -4.45. The Labute approximate surface area is 189 Å². The van der Waals surface area contributed by atoms with Crippen LogP contribution in [0.2, 0.25) is 0 Å². The topological polar surface area (TPSA) is 81.0 Å². The summed E-state index contributed by atoms with van der Waals surface area (Å²) in [6, 6.07) is 21.3. The van der Waals surface area contributed by atoms with Crippen LogP contribution in [0.4, 0.5) is 10.1 Å². The normalized spacial score (nSPS) is 11.5. The number of fused-ring (bicyclic) bond motifs is 3. The van der Waals surface area contributed by atoms with E-state index in [1.165, 1.54) is 19.3 Å². The molecule has 3 aromatic carbocycles. The van der Waals surface area contributed by atoms with Crippen LogP contribution in [0.3, 0.4) is 0 Å². The first-order chi connectivity index (χ1) is 16.0. The summed E-state index contributed by atoms with van der Waals surface area (Å²) in [6.07, 6.45) is 3.17. The number of halogens is 1. The first-order valence-electron chi connectivity index (χ1n) is 10.4. The van der Waals surface area contributed by atoms with Gasteiger partial charge in [-0.1, -0.05) is 18.2 Å². The zero-order chi connectivity index (χ0) is 22.9. The lowest BCUT2D eigenvalue weighted by molar-refractivity contribution is 0.104. The van der Waals surface area contributed by atoms with Crippen molar-refractivity contribution in [3.63, 3.8) is 0 Å². The van der Waals surface area contributed by atoms with Crippen molar-refractivity contribution in [1.82, 2.24) is 9.97 Å². The van der Waals surface area contributed by atoms with Gasteiger partial charge < -0.3 is 15.5 Å². The number of H-pyrrole nitrogens is 1. The van der Waals surface area contributed by atoms with E-state index in [0.717, 1.165) is 21.8 Å². The van der Waals surface area contributed by atoms with Gasteiger partial charge in [-0.05, 0) is 66.7 Å². The van der Waals surface area contributed by atoms with Gasteiger partial charge in [0, 0.05) is 33.1 Å². The molecule has 5 nitrogen and oxygen atoms in total. The molecule has 2 heterocycles. The van der Waals surface area contributed by atoms with E-state index in [1.807, 2.05) is 30.3 Å². The van der Waals surface area contributed by atoms with Crippen LogP contribution in [0.25, 0.3) is 39.1 Å². The molecule has 0 unspecified atom stereocenters. The lowest BCUT2D eigenvalue weighted by Gasteiger charge is -2.08. The van der Waals surface area contributed by atoms with Gasteiger partial charge >= 0.3 is 0 Å². The molecule has 0 saturated carbocycles. The Kier molecular flexibility index (Phi) is 5.11. The predicted molar refractivity (Wildman–Crippen MR) is 130 cm³/mol. The van der Waals surface area contributed by atoms with Crippen molar-refractivity contribution in [2.45, 2.75) is 0 Å². The molecular weight excluding hydrogens is 417 g/mol. The molecule has 0 aliphatic rings. The van der Waals surface area contributed by atoms with Gasteiger partial charge in [-0.3, -0.25) is 4.79 Å². The third-order valence-electron chi connectivity index (χ3n) is 5.54. The van der Waals surface area contributed by atoms with Crippen LogP contribution in [-0.2, 0) is 0 Å². The van der Waals surface area contributed by atoms with E-state index in [2.05, 4.69) is 4.98 Å². The summed E-state index contributed by atoms with van der Waals surface area (Å²) in [5.41, 5.74) is 10.6. The van der Waals surface area contributed by atoms with Crippen LogP contribution < -0.4 is 10.5 Å². The van der Waals surface area contributed by atoms with Crippen molar-refractivity contribution in [3.8, 4) is 17.0 Å². The maximum absolute atomic E-state index is 14.0. The molecule has 0 amide bonds.